The highest BCUT2D eigenvalue weighted by molar-refractivity contribution is 5.96. The van der Waals surface area contributed by atoms with E-state index in [0.29, 0.717) is 29.1 Å². The zero-order valence-electron chi connectivity index (χ0n) is 16.2. The number of amides is 2. The molecule has 0 radical (unpaired) electrons. The van der Waals surface area contributed by atoms with Crippen LogP contribution in [0.3, 0.4) is 0 Å². The van der Waals surface area contributed by atoms with Crippen LogP contribution in [0.1, 0.15) is 25.7 Å². The van der Waals surface area contributed by atoms with Crippen molar-refractivity contribution in [3.05, 3.63) is 59.9 Å². The lowest BCUT2D eigenvalue weighted by molar-refractivity contribution is -0.127. The standard InChI is InChI=1S/C14H8F3N.C8H14N2O2/c15-10-3-1-8(2-4-10)13-6-9-5-11(16)7-12(17)14(9)18-13;9-7(11)4-8(12)10-5-6-2-1-3-6/h1-7,18H;6H,1-5H2,(H2,9,11)(H,10,12). The number of rotatable bonds is 5. The van der Waals surface area contributed by atoms with Crippen LogP contribution in [-0.4, -0.2) is 23.3 Å². The van der Waals surface area contributed by atoms with E-state index >= 15 is 0 Å². The van der Waals surface area contributed by atoms with Crippen LogP contribution >= 0.6 is 0 Å². The number of aromatic amines is 1. The van der Waals surface area contributed by atoms with Gasteiger partial charge in [-0.25, -0.2) is 13.2 Å². The monoisotopic (exact) mass is 417 g/mol. The molecule has 1 aliphatic carbocycles. The van der Waals surface area contributed by atoms with E-state index in [1.54, 1.807) is 18.2 Å². The Balaban J connectivity index is 0.000000187. The number of primary amides is 1. The summed E-state index contributed by atoms with van der Waals surface area (Å²) in [5.74, 6) is -1.80. The maximum Gasteiger partial charge on any atom is 0.229 e. The number of aromatic nitrogens is 1. The van der Waals surface area contributed by atoms with Crippen LogP contribution in [0, 0.1) is 23.4 Å². The normalized spacial score (nSPS) is 13.3. The summed E-state index contributed by atoms with van der Waals surface area (Å²) in [6, 6.07) is 9.50. The van der Waals surface area contributed by atoms with E-state index in [4.69, 9.17) is 5.73 Å². The van der Waals surface area contributed by atoms with Crippen molar-refractivity contribution in [1.29, 1.82) is 0 Å². The van der Waals surface area contributed by atoms with Gasteiger partial charge in [0.25, 0.3) is 0 Å². The Kier molecular flexibility index (Phi) is 6.76. The van der Waals surface area contributed by atoms with Gasteiger partial charge in [0.1, 0.15) is 23.9 Å². The number of H-pyrrole nitrogens is 1. The lowest BCUT2D eigenvalue weighted by Crippen LogP contribution is -2.34. The number of nitrogens with two attached hydrogens (primary N) is 1. The van der Waals surface area contributed by atoms with Crippen molar-refractivity contribution in [2.75, 3.05) is 6.54 Å². The summed E-state index contributed by atoms with van der Waals surface area (Å²) in [4.78, 5) is 24.0. The van der Waals surface area contributed by atoms with Gasteiger partial charge in [-0.1, -0.05) is 6.42 Å². The molecule has 0 aliphatic heterocycles. The molecule has 0 bridgehead atoms. The molecule has 5 nitrogen and oxygen atoms in total. The van der Waals surface area contributed by atoms with Crippen molar-refractivity contribution >= 4 is 22.7 Å². The van der Waals surface area contributed by atoms with Crippen molar-refractivity contribution in [3.8, 4) is 11.3 Å². The van der Waals surface area contributed by atoms with Crippen molar-refractivity contribution in [3.63, 3.8) is 0 Å². The van der Waals surface area contributed by atoms with E-state index < -0.39 is 17.5 Å². The Morgan fingerprint density at radius 1 is 1.03 bits per heavy atom. The summed E-state index contributed by atoms with van der Waals surface area (Å²) in [5.41, 5.74) is 6.43. The highest BCUT2D eigenvalue weighted by atomic mass is 19.1. The van der Waals surface area contributed by atoms with Crippen LogP contribution in [0.15, 0.2) is 42.5 Å². The number of benzene rings is 2. The van der Waals surface area contributed by atoms with Gasteiger partial charge < -0.3 is 16.0 Å². The van der Waals surface area contributed by atoms with E-state index in [1.165, 1.54) is 37.5 Å². The molecule has 3 aromatic rings. The van der Waals surface area contributed by atoms with Gasteiger partial charge in [-0.15, -0.1) is 0 Å². The van der Waals surface area contributed by atoms with Crippen LogP contribution in [0.25, 0.3) is 22.2 Å². The first kappa shape index (κ1) is 21.4. The zero-order valence-corrected chi connectivity index (χ0v) is 16.2. The summed E-state index contributed by atoms with van der Waals surface area (Å²) in [6.45, 7) is 0.701. The Hall–Kier alpha value is -3.29. The van der Waals surface area contributed by atoms with Gasteiger partial charge in [0.15, 0.2) is 0 Å². The predicted octanol–water partition coefficient (Wildman–Crippen LogP) is 4.03. The summed E-state index contributed by atoms with van der Waals surface area (Å²) in [6.07, 6.45) is 3.46. The van der Waals surface area contributed by atoms with Crippen molar-refractivity contribution in [2.24, 2.45) is 11.7 Å². The van der Waals surface area contributed by atoms with Gasteiger partial charge in [-0.05, 0) is 60.7 Å². The molecule has 1 heterocycles. The summed E-state index contributed by atoms with van der Waals surface area (Å²) in [7, 11) is 0. The van der Waals surface area contributed by atoms with Crippen LogP contribution in [0.4, 0.5) is 13.2 Å². The van der Waals surface area contributed by atoms with Gasteiger partial charge in [-0.2, -0.15) is 0 Å². The minimum Gasteiger partial charge on any atom is -0.369 e. The summed E-state index contributed by atoms with van der Waals surface area (Å²) < 4.78 is 39.4. The molecule has 4 N–H and O–H groups in total. The van der Waals surface area contributed by atoms with E-state index in [-0.39, 0.29) is 23.7 Å². The van der Waals surface area contributed by atoms with Gasteiger partial charge in [0.2, 0.25) is 11.8 Å². The highest BCUT2D eigenvalue weighted by Gasteiger charge is 2.18. The maximum absolute atomic E-state index is 13.5. The number of carbonyl (C=O) groups is 2. The number of nitrogens with one attached hydrogen (secondary N) is 2. The summed E-state index contributed by atoms with van der Waals surface area (Å²) >= 11 is 0. The fourth-order valence-electron chi connectivity index (χ4n) is 3.13. The van der Waals surface area contributed by atoms with Crippen molar-refractivity contribution in [2.45, 2.75) is 25.7 Å². The molecule has 2 aromatic carbocycles. The van der Waals surface area contributed by atoms with Gasteiger partial charge in [0, 0.05) is 23.7 Å². The molecule has 8 heteroatoms. The number of carbonyl (C=O) groups excluding carboxylic acids is 2. The molecular weight excluding hydrogens is 395 g/mol. The zero-order chi connectivity index (χ0) is 21.7. The largest absolute Gasteiger partial charge is 0.369 e. The topological polar surface area (TPSA) is 88.0 Å². The molecule has 30 heavy (non-hydrogen) atoms. The molecule has 0 atom stereocenters. The lowest BCUT2D eigenvalue weighted by atomic mass is 9.85. The number of halogens is 3. The van der Waals surface area contributed by atoms with E-state index in [2.05, 4.69) is 10.3 Å². The minimum atomic E-state index is -0.640. The van der Waals surface area contributed by atoms with Crippen molar-refractivity contribution < 1.29 is 22.8 Å². The first-order valence-electron chi connectivity index (χ1n) is 9.60. The predicted molar refractivity (Wildman–Crippen MR) is 108 cm³/mol. The fraction of sp³-hybridized carbons (Fsp3) is 0.273. The Morgan fingerprint density at radius 2 is 1.73 bits per heavy atom. The second-order valence-electron chi connectivity index (χ2n) is 7.29. The molecular formula is C22H22F3N3O2. The summed E-state index contributed by atoms with van der Waals surface area (Å²) in [5, 5.41) is 3.13. The average Bonchev–Trinajstić information content (AvgIpc) is 3.05. The van der Waals surface area contributed by atoms with E-state index in [9.17, 15) is 22.8 Å². The Labute approximate surface area is 171 Å². The lowest BCUT2D eigenvalue weighted by Gasteiger charge is -2.25. The molecule has 1 aliphatic rings. The SMILES string of the molecule is Fc1ccc(-c2cc3cc(F)cc(F)c3[nH]2)cc1.NC(=O)CC(=O)NCC1CCC1. The van der Waals surface area contributed by atoms with Gasteiger partial charge >= 0.3 is 0 Å². The van der Waals surface area contributed by atoms with E-state index in [1.807, 2.05) is 0 Å². The van der Waals surface area contributed by atoms with Crippen LogP contribution < -0.4 is 11.1 Å². The average molecular weight is 417 g/mol. The third-order valence-electron chi connectivity index (χ3n) is 4.95. The van der Waals surface area contributed by atoms with Gasteiger partial charge in [0.05, 0.1) is 5.52 Å². The molecule has 1 fully saturated rings. The first-order valence-corrected chi connectivity index (χ1v) is 9.60. The Bertz CT molecular complexity index is 1040. The number of hydrogen-bond acceptors (Lipinski definition) is 2. The molecule has 4 rings (SSSR count). The molecule has 1 aromatic heterocycles. The second-order valence-corrected chi connectivity index (χ2v) is 7.29. The maximum atomic E-state index is 13.5. The molecule has 158 valence electrons. The minimum absolute atomic E-state index is 0.188. The fourth-order valence-corrected chi connectivity index (χ4v) is 3.13. The molecule has 1 saturated carbocycles. The first-order chi connectivity index (χ1) is 14.3. The number of fused-ring (bicyclic) bond motifs is 1. The second kappa shape index (κ2) is 9.47. The van der Waals surface area contributed by atoms with Crippen LogP contribution in [-0.2, 0) is 9.59 Å². The van der Waals surface area contributed by atoms with E-state index in [0.717, 1.165) is 6.07 Å². The molecule has 0 saturated heterocycles. The third kappa shape index (κ3) is 5.62. The quantitative estimate of drug-likeness (QED) is 0.548. The Morgan fingerprint density at radius 3 is 2.33 bits per heavy atom. The smallest absolute Gasteiger partial charge is 0.229 e. The molecule has 0 spiro atoms. The van der Waals surface area contributed by atoms with Crippen LogP contribution in [0.2, 0.25) is 0 Å². The van der Waals surface area contributed by atoms with Crippen LogP contribution in [0.5, 0.6) is 0 Å². The number of hydrogen-bond donors (Lipinski definition) is 3. The third-order valence-corrected chi connectivity index (χ3v) is 4.95. The molecule has 0 unspecified atom stereocenters. The highest BCUT2D eigenvalue weighted by Crippen LogP contribution is 2.27. The molecule has 2 amide bonds. The van der Waals surface area contributed by atoms with Crippen molar-refractivity contribution in [1.82, 2.24) is 10.3 Å². The van der Waals surface area contributed by atoms with Gasteiger partial charge in [-0.3, -0.25) is 9.59 Å².